The van der Waals surface area contributed by atoms with Crippen molar-refractivity contribution >= 4 is 21.6 Å². The van der Waals surface area contributed by atoms with Gasteiger partial charge in [-0.2, -0.15) is 0 Å². The standard InChI is InChI=1S/C13H19ClN2O3S/c14-11-2-1-3-13(10-11)20(17,18)16-8-9-19-12-4-6-15-7-5-12/h1-3,10,12,15-16H,4-9H2. The Balaban J connectivity index is 1.78. The molecule has 0 aliphatic carbocycles. The Labute approximate surface area is 124 Å². The van der Waals surface area contributed by atoms with E-state index in [4.69, 9.17) is 16.3 Å². The minimum atomic E-state index is -3.51. The summed E-state index contributed by atoms with van der Waals surface area (Å²) in [6.07, 6.45) is 2.18. The van der Waals surface area contributed by atoms with E-state index < -0.39 is 10.0 Å². The van der Waals surface area contributed by atoms with Gasteiger partial charge in [-0.05, 0) is 44.1 Å². The van der Waals surface area contributed by atoms with Crippen LogP contribution >= 0.6 is 11.6 Å². The van der Waals surface area contributed by atoms with Crippen LogP contribution in [0, 0.1) is 0 Å². The Hall–Kier alpha value is -0.660. The lowest BCUT2D eigenvalue weighted by atomic mass is 10.1. The van der Waals surface area contributed by atoms with Crippen LogP contribution < -0.4 is 10.0 Å². The van der Waals surface area contributed by atoms with Crippen LogP contribution in [-0.4, -0.2) is 40.8 Å². The van der Waals surface area contributed by atoms with E-state index in [2.05, 4.69) is 10.0 Å². The first-order valence-corrected chi connectivity index (χ1v) is 8.51. The quantitative estimate of drug-likeness (QED) is 0.778. The lowest BCUT2D eigenvalue weighted by Crippen LogP contribution is -2.34. The summed E-state index contributed by atoms with van der Waals surface area (Å²) in [5, 5.41) is 3.65. The summed E-state index contributed by atoms with van der Waals surface area (Å²) in [6.45, 7) is 2.56. The predicted molar refractivity (Wildman–Crippen MR) is 78.5 cm³/mol. The molecule has 1 fully saturated rings. The molecule has 2 rings (SSSR count). The van der Waals surface area contributed by atoms with Crippen LogP contribution in [0.15, 0.2) is 29.2 Å². The second-order valence-corrected chi connectivity index (χ2v) is 6.88. The topological polar surface area (TPSA) is 67.4 Å². The molecule has 20 heavy (non-hydrogen) atoms. The number of halogens is 1. The van der Waals surface area contributed by atoms with Crippen LogP contribution in [0.2, 0.25) is 5.02 Å². The summed E-state index contributed by atoms with van der Waals surface area (Å²) in [5.41, 5.74) is 0. The van der Waals surface area contributed by atoms with Crippen LogP contribution in [0.25, 0.3) is 0 Å². The summed E-state index contributed by atoms with van der Waals surface area (Å²) < 4.78 is 32.2. The molecule has 1 heterocycles. The van der Waals surface area contributed by atoms with Gasteiger partial charge in [-0.25, -0.2) is 13.1 Å². The van der Waals surface area contributed by atoms with E-state index in [1.807, 2.05) is 0 Å². The van der Waals surface area contributed by atoms with Crippen molar-refractivity contribution in [1.82, 2.24) is 10.0 Å². The van der Waals surface area contributed by atoms with Gasteiger partial charge in [0.25, 0.3) is 0 Å². The molecule has 7 heteroatoms. The molecule has 1 aromatic rings. The highest BCUT2D eigenvalue weighted by Crippen LogP contribution is 2.15. The highest BCUT2D eigenvalue weighted by atomic mass is 35.5. The van der Waals surface area contributed by atoms with E-state index in [1.165, 1.54) is 12.1 Å². The van der Waals surface area contributed by atoms with Gasteiger partial charge in [0.1, 0.15) is 0 Å². The highest BCUT2D eigenvalue weighted by molar-refractivity contribution is 7.89. The monoisotopic (exact) mass is 318 g/mol. The third kappa shape index (κ3) is 4.71. The Morgan fingerprint density at radius 3 is 2.80 bits per heavy atom. The van der Waals surface area contributed by atoms with Crippen LogP contribution in [0.3, 0.4) is 0 Å². The molecule has 1 aromatic carbocycles. The maximum absolute atomic E-state index is 12.0. The molecular formula is C13H19ClN2O3S. The molecule has 0 radical (unpaired) electrons. The summed E-state index contributed by atoms with van der Waals surface area (Å²) in [7, 11) is -3.51. The fourth-order valence-corrected chi connectivity index (χ4v) is 3.39. The summed E-state index contributed by atoms with van der Waals surface area (Å²) in [4.78, 5) is 0.173. The van der Waals surface area contributed by atoms with Crippen molar-refractivity contribution < 1.29 is 13.2 Å². The Morgan fingerprint density at radius 2 is 2.10 bits per heavy atom. The van der Waals surface area contributed by atoms with E-state index in [0.29, 0.717) is 11.6 Å². The fourth-order valence-electron chi connectivity index (χ4n) is 2.08. The lowest BCUT2D eigenvalue weighted by Gasteiger charge is -2.22. The molecule has 0 unspecified atom stereocenters. The van der Waals surface area contributed by atoms with Crippen molar-refractivity contribution in [1.29, 1.82) is 0 Å². The SMILES string of the molecule is O=S(=O)(NCCOC1CCNCC1)c1cccc(Cl)c1. The first kappa shape index (κ1) is 15.7. The molecule has 1 aliphatic heterocycles. The lowest BCUT2D eigenvalue weighted by molar-refractivity contribution is 0.0367. The van der Waals surface area contributed by atoms with Crippen molar-refractivity contribution in [2.75, 3.05) is 26.2 Å². The maximum Gasteiger partial charge on any atom is 0.240 e. The molecule has 0 bridgehead atoms. The first-order valence-electron chi connectivity index (χ1n) is 6.65. The molecule has 0 saturated carbocycles. The summed E-state index contributed by atoms with van der Waals surface area (Å²) in [5.74, 6) is 0. The zero-order valence-corrected chi connectivity index (χ0v) is 12.7. The second kappa shape index (κ2) is 7.38. The van der Waals surface area contributed by atoms with E-state index >= 15 is 0 Å². The van der Waals surface area contributed by atoms with Crippen LogP contribution in [0.5, 0.6) is 0 Å². The Morgan fingerprint density at radius 1 is 1.35 bits per heavy atom. The number of ether oxygens (including phenoxy) is 1. The van der Waals surface area contributed by atoms with E-state index in [-0.39, 0.29) is 17.5 Å². The van der Waals surface area contributed by atoms with Gasteiger partial charge in [0.2, 0.25) is 10.0 Å². The molecule has 1 saturated heterocycles. The number of hydrogen-bond acceptors (Lipinski definition) is 4. The molecule has 2 N–H and O–H groups in total. The third-order valence-corrected chi connectivity index (χ3v) is 4.83. The fraction of sp³-hybridized carbons (Fsp3) is 0.538. The highest BCUT2D eigenvalue weighted by Gasteiger charge is 2.15. The molecular weight excluding hydrogens is 300 g/mol. The van der Waals surface area contributed by atoms with Crippen molar-refractivity contribution in [3.8, 4) is 0 Å². The van der Waals surface area contributed by atoms with Gasteiger partial charge in [-0.1, -0.05) is 17.7 Å². The minimum Gasteiger partial charge on any atom is -0.377 e. The van der Waals surface area contributed by atoms with E-state index in [0.717, 1.165) is 25.9 Å². The smallest absolute Gasteiger partial charge is 0.240 e. The van der Waals surface area contributed by atoms with Crippen molar-refractivity contribution in [3.05, 3.63) is 29.3 Å². The van der Waals surface area contributed by atoms with Crippen molar-refractivity contribution in [2.45, 2.75) is 23.8 Å². The second-order valence-electron chi connectivity index (χ2n) is 4.68. The van der Waals surface area contributed by atoms with Crippen LogP contribution in [0.1, 0.15) is 12.8 Å². The maximum atomic E-state index is 12.0. The molecule has 112 valence electrons. The zero-order chi connectivity index (χ0) is 14.4. The summed E-state index contributed by atoms with van der Waals surface area (Å²) >= 11 is 5.79. The number of nitrogens with one attached hydrogen (secondary N) is 2. The third-order valence-electron chi connectivity index (χ3n) is 3.14. The first-order chi connectivity index (χ1) is 9.58. The van der Waals surface area contributed by atoms with Gasteiger partial charge in [0.05, 0.1) is 17.6 Å². The Kier molecular flexibility index (Phi) is 5.80. The average molecular weight is 319 g/mol. The van der Waals surface area contributed by atoms with E-state index in [1.54, 1.807) is 12.1 Å². The predicted octanol–water partition coefficient (Wildman–Crippen LogP) is 1.39. The molecule has 0 amide bonds. The molecule has 0 atom stereocenters. The van der Waals surface area contributed by atoms with Crippen molar-refractivity contribution in [3.63, 3.8) is 0 Å². The number of hydrogen-bond donors (Lipinski definition) is 2. The molecule has 0 spiro atoms. The van der Waals surface area contributed by atoms with Gasteiger partial charge in [0, 0.05) is 11.6 Å². The minimum absolute atomic E-state index is 0.173. The molecule has 5 nitrogen and oxygen atoms in total. The van der Waals surface area contributed by atoms with Crippen LogP contribution in [-0.2, 0) is 14.8 Å². The number of sulfonamides is 1. The van der Waals surface area contributed by atoms with Crippen LogP contribution in [0.4, 0.5) is 0 Å². The zero-order valence-electron chi connectivity index (χ0n) is 11.1. The van der Waals surface area contributed by atoms with Gasteiger partial charge in [0.15, 0.2) is 0 Å². The van der Waals surface area contributed by atoms with Gasteiger partial charge >= 0.3 is 0 Å². The van der Waals surface area contributed by atoms with Crippen molar-refractivity contribution in [2.24, 2.45) is 0 Å². The molecule has 0 aromatic heterocycles. The number of rotatable bonds is 6. The van der Waals surface area contributed by atoms with Gasteiger partial charge in [-0.3, -0.25) is 0 Å². The Bertz CT molecular complexity index is 530. The average Bonchev–Trinajstić information content (AvgIpc) is 2.45. The van der Waals surface area contributed by atoms with Gasteiger partial charge in [-0.15, -0.1) is 0 Å². The van der Waals surface area contributed by atoms with Gasteiger partial charge < -0.3 is 10.1 Å². The number of piperidine rings is 1. The normalized spacial score (nSPS) is 17.2. The largest absolute Gasteiger partial charge is 0.377 e. The molecule has 1 aliphatic rings. The summed E-state index contributed by atoms with van der Waals surface area (Å²) in [6, 6.07) is 6.20. The number of benzene rings is 1. The van der Waals surface area contributed by atoms with E-state index in [9.17, 15) is 8.42 Å².